The van der Waals surface area contributed by atoms with Crippen molar-refractivity contribution in [2.45, 2.75) is 13.8 Å². The van der Waals surface area contributed by atoms with Gasteiger partial charge in [-0.1, -0.05) is 18.2 Å². The molecular formula is C18H14F2N2OS. The van der Waals surface area contributed by atoms with Gasteiger partial charge in [-0.3, -0.25) is 10.1 Å². The minimum Gasteiger partial charge on any atom is -0.298 e. The minimum atomic E-state index is -0.926. The number of hydrogen-bond donors (Lipinski definition) is 1. The average molecular weight is 344 g/mol. The number of hydrogen-bond acceptors (Lipinski definition) is 3. The van der Waals surface area contributed by atoms with Crippen LogP contribution in [0.25, 0.3) is 11.3 Å². The van der Waals surface area contributed by atoms with Crippen molar-refractivity contribution in [3.63, 3.8) is 0 Å². The summed E-state index contributed by atoms with van der Waals surface area (Å²) in [4.78, 5) is 17.5. The van der Waals surface area contributed by atoms with Crippen molar-refractivity contribution in [2.75, 3.05) is 5.32 Å². The second-order valence-electron chi connectivity index (χ2n) is 5.32. The Labute approximate surface area is 142 Å². The van der Waals surface area contributed by atoms with E-state index in [1.807, 2.05) is 26.0 Å². The molecule has 1 heterocycles. The lowest BCUT2D eigenvalue weighted by molar-refractivity contribution is 0.102. The predicted octanol–water partition coefficient (Wildman–Crippen LogP) is 4.96. The molecule has 0 unspecified atom stereocenters. The smallest absolute Gasteiger partial charge is 0.257 e. The maximum absolute atomic E-state index is 13.4. The third-order valence-electron chi connectivity index (χ3n) is 3.60. The molecule has 2 aromatic carbocycles. The fraction of sp³-hybridized carbons (Fsp3) is 0.111. The van der Waals surface area contributed by atoms with Crippen LogP contribution < -0.4 is 5.32 Å². The third-order valence-corrected chi connectivity index (χ3v) is 4.49. The Kier molecular flexibility index (Phi) is 4.40. The van der Waals surface area contributed by atoms with Gasteiger partial charge in [-0.2, -0.15) is 0 Å². The number of nitrogens with zero attached hydrogens (tertiary/aromatic N) is 1. The first-order valence-electron chi connectivity index (χ1n) is 7.25. The summed E-state index contributed by atoms with van der Waals surface area (Å²) in [7, 11) is 0. The van der Waals surface area contributed by atoms with Gasteiger partial charge >= 0.3 is 0 Å². The van der Waals surface area contributed by atoms with E-state index in [9.17, 15) is 13.6 Å². The second kappa shape index (κ2) is 6.49. The molecule has 1 N–H and O–H groups in total. The molecule has 0 atom stereocenters. The van der Waals surface area contributed by atoms with Crippen LogP contribution in [-0.4, -0.2) is 10.9 Å². The fourth-order valence-corrected chi connectivity index (χ4v) is 3.18. The molecule has 0 fully saturated rings. The highest BCUT2D eigenvalue weighted by Crippen LogP contribution is 2.31. The molecule has 0 radical (unpaired) electrons. The molecule has 3 rings (SSSR count). The topological polar surface area (TPSA) is 42.0 Å². The molecule has 122 valence electrons. The lowest BCUT2D eigenvalue weighted by Gasteiger charge is -2.04. The molecule has 0 saturated heterocycles. The summed E-state index contributed by atoms with van der Waals surface area (Å²) >= 11 is 1.29. The number of thiazole rings is 1. The van der Waals surface area contributed by atoms with Crippen LogP contribution in [0.4, 0.5) is 13.9 Å². The van der Waals surface area contributed by atoms with Gasteiger partial charge in [-0.05, 0) is 43.7 Å². The number of halogens is 2. The van der Waals surface area contributed by atoms with Gasteiger partial charge in [0.05, 0.1) is 5.69 Å². The predicted molar refractivity (Wildman–Crippen MR) is 91.3 cm³/mol. The first-order chi connectivity index (χ1) is 11.5. The maximum Gasteiger partial charge on any atom is 0.257 e. The first kappa shape index (κ1) is 16.3. The van der Waals surface area contributed by atoms with E-state index < -0.39 is 11.6 Å². The van der Waals surface area contributed by atoms with Crippen molar-refractivity contribution in [1.82, 2.24) is 4.98 Å². The Morgan fingerprint density at radius 3 is 2.54 bits per heavy atom. The zero-order valence-electron chi connectivity index (χ0n) is 13.1. The number of carbonyl (C=O) groups is 1. The van der Waals surface area contributed by atoms with E-state index in [-0.39, 0.29) is 5.91 Å². The molecule has 3 aromatic rings. The normalized spacial score (nSPS) is 10.7. The zero-order valence-corrected chi connectivity index (χ0v) is 13.9. The number of nitrogens with one attached hydrogen (secondary N) is 1. The summed E-state index contributed by atoms with van der Waals surface area (Å²) in [6, 6.07) is 10.9. The SMILES string of the molecule is Cc1ccccc1C(=O)Nc1nc(-c2ccc(F)c(F)c2)c(C)s1. The van der Waals surface area contributed by atoms with E-state index in [0.29, 0.717) is 22.0 Å². The molecule has 0 spiro atoms. The Morgan fingerprint density at radius 2 is 1.83 bits per heavy atom. The molecule has 0 aliphatic rings. The Bertz CT molecular complexity index is 921. The van der Waals surface area contributed by atoms with Crippen LogP contribution in [0.5, 0.6) is 0 Å². The number of rotatable bonds is 3. The molecule has 0 bridgehead atoms. The molecule has 0 aliphatic carbocycles. The van der Waals surface area contributed by atoms with Crippen molar-refractivity contribution in [3.8, 4) is 11.3 Å². The number of carbonyl (C=O) groups excluding carboxylic acids is 1. The van der Waals surface area contributed by atoms with Crippen LogP contribution in [0, 0.1) is 25.5 Å². The van der Waals surface area contributed by atoms with E-state index >= 15 is 0 Å². The molecule has 1 amide bonds. The van der Waals surface area contributed by atoms with Crippen LogP contribution in [-0.2, 0) is 0 Å². The Balaban J connectivity index is 1.88. The van der Waals surface area contributed by atoms with Crippen molar-refractivity contribution in [3.05, 3.63) is 70.1 Å². The number of benzene rings is 2. The van der Waals surface area contributed by atoms with Crippen molar-refractivity contribution in [1.29, 1.82) is 0 Å². The number of anilines is 1. The largest absolute Gasteiger partial charge is 0.298 e. The Hall–Kier alpha value is -2.60. The van der Waals surface area contributed by atoms with Gasteiger partial charge in [-0.15, -0.1) is 11.3 Å². The average Bonchev–Trinajstić information content (AvgIpc) is 2.91. The molecule has 3 nitrogen and oxygen atoms in total. The van der Waals surface area contributed by atoms with Gasteiger partial charge < -0.3 is 0 Å². The second-order valence-corrected chi connectivity index (χ2v) is 6.52. The van der Waals surface area contributed by atoms with Gasteiger partial charge in [0, 0.05) is 16.0 Å². The van der Waals surface area contributed by atoms with Gasteiger partial charge in [0.2, 0.25) is 0 Å². The first-order valence-corrected chi connectivity index (χ1v) is 8.07. The highest BCUT2D eigenvalue weighted by atomic mass is 32.1. The van der Waals surface area contributed by atoms with Crippen LogP contribution in [0.15, 0.2) is 42.5 Å². The molecule has 0 saturated carbocycles. The van der Waals surface area contributed by atoms with Gasteiger partial charge in [0.1, 0.15) is 0 Å². The monoisotopic (exact) mass is 344 g/mol. The molecule has 1 aromatic heterocycles. The molecule has 24 heavy (non-hydrogen) atoms. The van der Waals surface area contributed by atoms with E-state index in [1.165, 1.54) is 17.4 Å². The van der Waals surface area contributed by atoms with Crippen LogP contribution >= 0.6 is 11.3 Å². The van der Waals surface area contributed by atoms with Crippen molar-refractivity contribution in [2.24, 2.45) is 0 Å². The lowest BCUT2D eigenvalue weighted by atomic mass is 10.1. The standard InChI is InChI=1S/C18H14F2N2OS/c1-10-5-3-4-6-13(10)17(23)22-18-21-16(11(2)24-18)12-7-8-14(19)15(20)9-12/h3-9H,1-2H3,(H,21,22,23). The van der Waals surface area contributed by atoms with Crippen molar-refractivity contribution < 1.29 is 13.6 Å². The molecule has 0 aliphatic heterocycles. The number of aromatic nitrogens is 1. The summed E-state index contributed by atoms with van der Waals surface area (Å²) < 4.78 is 26.5. The zero-order chi connectivity index (χ0) is 17.3. The molecular weight excluding hydrogens is 330 g/mol. The Morgan fingerprint density at radius 1 is 1.08 bits per heavy atom. The fourth-order valence-electron chi connectivity index (χ4n) is 2.35. The quantitative estimate of drug-likeness (QED) is 0.730. The van der Waals surface area contributed by atoms with Crippen LogP contribution in [0.1, 0.15) is 20.8 Å². The van der Waals surface area contributed by atoms with Gasteiger partial charge in [0.25, 0.3) is 5.91 Å². The highest BCUT2D eigenvalue weighted by molar-refractivity contribution is 7.16. The van der Waals surface area contributed by atoms with E-state index in [2.05, 4.69) is 10.3 Å². The van der Waals surface area contributed by atoms with E-state index in [0.717, 1.165) is 22.6 Å². The number of aryl methyl sites for hydroxylation is 2. The molecule has 6 heteroatoms. The lowest BCUT2D eigenvalue weighted by Crippen LogP contribution is -2.12. The number of amides is 1. The van der Waals surface area contributed by atoms with E-state index in [4.69, 9.17) is 0 Å². The van der Waals surface area contributed by atoms with E-state index in [1.54, 1.807) is 12.1 Å². The van der Waals surface area contributed by atoms with Gasteiger partial charge in [-0.25, -0.2) is 13.8 Å². The summed E-state index contributed by atoms with van der Waals surface area (Å²) in [5.41, 5.74) is 2.43. The summed E-state index contributed by atoms with van der Waals surface area (Å²) in [6.45, 7) is 3.67. The third kappa shape index (κ3) is 3.19. The minimum absolute atomic E-state index is 0.251. The highest BCUT2D eigenvalue weighted by Gasteiger charge is 2.15. The van der Waals surface area contributed by atoms with Crippen LogP contribution in [0.3, 0.4) is 0 Å². The van der Waals surface area contributed by atoms with Crippen LogP contribution in [0.2, 0.25) is 0 Å². The van der Waals surface area contributed by atoms with Gasteiger partial charge in [0.15, 0.2) is 16.8 Å². The summed E-state index contributed by atoms with van der Waals surface area (Å²) in [5.74, 6) is -2.08. The van der Waals surface area contributed by atoms with Crippen molar-refractivity contribution >= 4 is 22.4 Å². The summed E-state index contributed by atoms with van der Waals surface area (Å²) in [6.07, 6.45) is 0. The maximum atomic E-state index is 13.4. The summed E-state index contributed by atoms with van der Waals surface area (Å²) in [5, 5.41) is 3.17.